The molecule has 2 N–H and O–H groups in total. The fraction of sp³-hybridized carbons (Fsp3) is 0.889. The van der Waals surface area contributed by atoms with Crippen LogP contribution in [-0.2, 0) is 9.59 Å². The number of carboxylic acids is 1. The fourth-order valence-corrected chi connectivity index (χ4v) is 3.35. The van der Waals surface area contributed by atoms with E-state index in [4.69, 9.17) is 0 Å². The van der Waals surface area contributed by atoms with Gasteiger partial charge < -0.3 is 10.4 Å². The van der Waals surface area contributed by atoms with Crippen molar-refractivity contribution in [2.75, 3.05) is 19.6 Å². The van der Waals surface area contributed by atoms with Crippen molar-refractivity contribution in [3.63, 3.8) is 0 Å². The van der Waals surface area contributed by atoms with Crippen molar-refractivity contribution in [2.45, 2.75) is 77.7 Å². The summed E-state index contributed by atoms with van der Waals surface area (Å²) in [6, 6.07) is -0.667. The van der Waals surface area contributed by atoms with Crippen LogP contribution in [0.3, 0.4) is 0 Å². The van der Waals surface area contributed by atoms with Gasteiger partial charge in [-0.1, -0.05) is 46.0 Å². The van der Waals surface area contributed by atoms with Gasteiger partial charge in [0.25, 0.3) is 0 Å². The minimum atomic E-state index is -0.853. The van der Waals surface area contributed by atoms with Crippen molar-refractivity contribution < 1.29 is 14.7 Å². The molecule has 1 aliphatic heterocycles. The number of nitrogens with one attached hydrogen (secondary N) is 1. The van der Waals surface area contributed by atoms with Gasteiger partial charge in [-0.15, -0.1) is 0 Å². The Bertz CT molecular complexity index is 354. The highest BCUT2D eigenvalue weighted by Crippen LogP contribution is 2.23. The predicted octanol–water partition coefficient (Wildman–Crippen LogP) is 3.04. The number of likely N-dealkylation sites (tertiary alicyclic amines) is 1. The van der Waals surface area contributed by atoms with E-state index in [-0.39, 0.29) is 5.91 Å². The highest BCUT2D eigenvalue weighted by molar-refractivity contribution is 5.86. The van der Waals surface area contributed by atoms with Gasteiger partial charge in [-0.05, 0) is 38.8 Å². The molecular formula is C18H34N2O3. The lowest BCUT2D eigenvalue weighted by atomic mass is 9.91. The molecule has 23 heavy (non-hydrogen) atoms. The summed E-state index contributed by atoms with van der Waals surface area (Å²) < 4.78 is 0. The monoisotopic (exact) mass is 326 g/mol. The molecule has 0 aromatic heterocycles. The smallest absolute Gasteiger partial charge is 0.321 e. The summed E-state index contributed by atoms with van der Waals surface area (Å²) in [6.45, 7) is 6.48. The van der Waals surface area contributed by atoms with Crippen molar-refractivity contribution in [1.82, 2.24) is 10.2 Å². The van der Waals surface area contributed by atoms with Crippen LogP contribution < -0.4 is 5.32 Å². The maximum atomic E-state index is 12.6. The molecule has 0 radical (unpaired) electrons. The van der Waals surface area contributed by atoms with Gasteiger partial charge in [-0.3, -0.25) is 14.5 Å². The molecule has 0 aromatic carbocycles. The molecule has 0 bridgehead atoms. The molecule has 1 rings (SSSR count). The first-order chi connectivity index (χ1) is 11.1. The van der Waals surface area contributed by atoms with Gasteiger partial charge in [0.2, 0.25) is 5.91 Å². The molecule has 1 aliphatic rings. The van der Waals surface area contributed by atoms with Crippen LogP contribution in [0.25, 0.3) is 0 Å². The van der Waals surface area contributed by atoms with Crippen LogP contribution in [0, 0.1) is 5.92 Å². The number of hydrogen-bond donors (Lipinski definition) is 2. The van der Waals surface area contributed by atoms with E-state index in [1.54, 1.807) is 0 Å². The van der Waals surface area contributed by atoms with Gasteiger partial charge >= 0.3 is 5.97 Å². The maximum Gasteiger partial charge on any atom is 0.321 e. The standard InChI is InChI=1S/C18H34N2O3/c1-3-5-7-8-12-19-17(21)15(11-6-4-2)16(18(22)23)20-13-9-10-14-20/h15-16H,3-14H2,1-2H3,(H,19,21)(H,22,23). The molecule has 0 spiro atoms. The minimum Gasteiger partial charge on any atom is -0.480 e. The van der Waals surface area contributed by atoms with Crippen LogP contribution >= 0.6 is 0 Å². The molecule has 5 heteroatoms. The van der Waals surface area contributed by atoms with Crippen LogP contribution in [0.5, 0.6) is 0 Å². The number of amides is 1. The third kappa shape index (κ3) is 6.90. The Morgan fingerprint density at radius 3 is 2.26 bits per heavy atom. The maximum absolute atomic E-state index is 12.6. The Hall–Kier alpha value is -1.10. The van der Waals surface area contributed by atoms with Gasteiger partial charge in [-0.25, -0.2) is 0 Å². The van der Waals surface area contributed by atoms with Gasteiger partial charge in [0.15, 0.2) is 0 Å². The second kappa shape index (κ2) is 11.4. The zero-order chi connectivity index (χ0) is 17.1. The lowest BCUT2D eigenvalue weighted by molar-refractivity contribution is -0.149. The summed E-state index contributed by atoms with van der Waals surface area (Å²) in [5.41, 5.74) is 0. The van der Waals surface area contributed by atoms with Crippen LogP contribution in [0.15, 0.2) is 0 Å². The van der Waals surface area contributed by atoms with Crippen molar-refractivity contribution >= 4 is 11.9 Å². The van der Waals surface area contributed by atoms with Crippen molar-refractivity contribution in [2.24, 2.45) is 5.92 Å². The summed E-state index contributed by atoms with van der Waals surface area (Å²) in [5, 5.41) is 12.7. The largest absolute Gasteiger partial charge is 0.480 e. The number of rotatable bonds is 12. The molecule has 1 amide bonds. The number of aliphatic carboxylic acids is 1. The summed E-state index contributed by atoms with van der Waals surface area (Å²) in [7, 11) is 0. The van der Waals surface area contributed by atoms with Gasteiger partial charge in [-0.2, -0.15) is 0 Å². The van der Waals surface area contributed by atoms with E-state index < -0.39 is 17.9 Å². The van der Waals surface area contributed by atoms with E-state index >= 15 is 0 Å². The van der Waals surface area contributed by atoms with Crippen LogP contribution in [-0.4, -0.2) is 47.6 Å². The van der Waals surface area contributed by atoms with E-state index in [1.165, 1.54) is 12.8 Å². The van der Waals surface area contributed by atoms with E-state index in [2.05, 4.69) is 19.2 Å². The van der Waals surface area contributed by atoms with Gasteiger partial charge in [0, 0.05) is 6.54 Å². The Morgan fingerprint density at radius 1 is 1.04 bits per heavy atom. The van der Waals surface area contributed by atoms with Gasteiger partial charge in [0.1, 0.15) is 6.04 Å². The fourth-order valence-electron chi connectivity index (χ4n) is 3.35. The van der Waals surface area contributed by atoms with Crippen molar-refractivity contribution in [1.29, 1.82) is 0 Å². The summed E-state index contributed by atoms with van der Waals surface area (Å²) in [4.78, 5) is 26.4. The molecule has 0 saturated carbocycles. The first-order valence-electron chi connectivity index (χ1n) is 9.36. The summed E-state index contributed by atoms with van der Waals surface area (Å²) >= 11 is 0. The molecule has 0 aliphatic carbocycles. The Morgan fingerprint density at radius 2 is 1.70 bits per heavy atom. The summed E-state index contributed by atoms with van der Waals surface area (Å²) in [5.74, 6) is -1.36. The average Bonchev–Trinajstić information content (AvgIpc) is 3.04. The van der Waals surface area contributed by atoms with Crippen molar-refractivity contribution in [3.8, 4) is 0 Å². The average molecular weight is 326 g/mol. The molecule has 134 valence electrons. The molecule has 1 heterocycles. The third-order valence-electron chi connectivity index (χ3n) is 4.70. The van der Waals surface area contributed by atoms with E-state index in [0.29, 0.717) is 13.0 Å². The first kappa shape index (κ1) is 19.9. The molecule has 0 aromatic rings. The Labute approximate surface area is 140 Å². The SMILES string of the molecule is CCCCCCNC(=O)C(CCCC)C(C(=O)O)N1CCCC1. The second-order valence-electron chi connectivity index (χ2n) is 6.63. The van der Waals surface area contributed by atoms with Crippen LogP contribution in [0.2, 0.25) is 0 Å². The molecule has 5 nitrogen and oxygen atoms in total. The van der Waals surface area contributed by atoms with Gasteiger partial charge in [0.05, 0.1) is 5.92 Å². The number of carboxylic acid groups (broad SMARTS) is 1. The lowest BCUT2D eigenvalue weighted by Crippen LogP contribution is -2.50. The predicted molar refractivity (Wildman–Crippen MR) is 92.4 cm³/mol. The number of unbranched alkanes of at least 4 members (excludes halogenated alkanes) is 4. The Kier molecular flexibility index (Phi) is 9.92. The molecule has 1 fully saturated rings. The van der Waals surface area contributed by atoms with E-state index in [0.717, 1.165) is 51.6 Å². The zero-order valence-electron chi connectivity index (χ0n) is 14.9. The van der Waals surface area contributed by atoms with Crippen LogP contribution in [0.4, 0.5) is 0 Å². The third-order valence-corrected chi connectivity index (χ3v) is 4.70. The lowest BCUT2D eigenvalue weighted by Gasteiger charge is -2.30. The van der Waals surface area contributed by atoms with Crippen LogP contribution in [0.1, 0.15) is 71.6 Å². The topological polar surface area (TPSA) is 69.6 Å². The Balaban J connectivity index is 2.63. The second-order valence-corrected chi connectivity index (χ2v) is 6.63. The molecule has 2 unspecified atom stereocenters. The van der Waals surface area contributed by atoms with Crippen molar-refractivity contribution in [3.05, 3.63) is 0 Å². The summed E-state index contributed by atoms with van der Waals surface area (Å²) in [6.07, 6.45) is 9.03. The highest BCUT2D eigenvalue weighted by atomic mass is 16.4. The molecule has 1 saturated heterocycles. The number of carbonyl (C=O) groups is 2. The first-order valence-corrected chi connectivity index (χ1v) is 9.36. The number of carbonyl (C=O) groups excluding carboxylic acids is 1. The number of nitrogens with zero attached hydrogens (tertiary/aromatic N) is 1. The highest BCUT2D eigenvalue weighted by Gasteiger charge is 2.38. The molecule has 2 atom stereocenters. The van der Waals surface area contributed by atoms with E-state index in [1.807, 2.05) is 4.90 Å². The van der Waals surface area contributed by atoms with E-state index in [9.17, 15) is 14.7 Å². The molecular weight excluding hydrogens is 292 g/mol. The zero-order valence-corrected chi connectivity index (χ0v) is 14.9. The number of hydrogen-bond acceptors (Lipinski definition) is 3. The normalized spacial score (nSPS) is 17.8. The quantitative estimate of drug-likeness (QED) is 0.541. The minimum absolute atomic E-state index is 0.0748.